The van der Waals surface area contributed by atoms with E-state index >= 15 is 0 Å². The minimum Gasteiger partial charge on any atom is -0.380 e. The molecule has 0 aromatic rings. The quantitative estimate of drug-likeness (QED) is 0.719. The summed E-state index contributed by atoms with van der Waals surface area (Å²) in [7, 11) is 0. The van der Waals surface area contributed by atoms with Gasteiger partial charge in [0.05, 0.1) is 6.61 Å². The summed E-state index contributed by atoms with van der Waals surface area (Å²) >= 11 is 0. The molecule has 3 nitrogen and oxygen atoms in total. The van der Waals surface area contributed by atoms with Gasteiger partial charge in [0.15, 0.2) is 0 Å². The highest BCUT2D eigenvalue weighted by molar-refractivity contribution is 4.72. The number of nitrogens with zero attached hydrogens (tertiary/aromatic N) is 1. The SMILES string of the molecule is CC1CCN(CCOCC2CC2)CCCN1. The molecule has 94 valence electrons. The molecular formula is C13H26N2O. The molecule has 0 aromatic heterocycles. The largest absolute Gasteiger partial charge is 0.380 e. The molecular weight excluding hydrogens is 200 g/mol. The third-order valence-corrected chi connectivity index (χ3v) is 3.62. The molecule has 3 heteroatoms. The minimum absolute atomic E-state index is 0.676. The van der Waals surface area contributed by atoms with E-state index in [0.29, 0.717) is 6.04 Å². The average Bonchev–Trinajstić information content (AvgIpc) is 3.06. The summed E-state index contributed by atoms with van der Waals surface area (Å²) in [4.78, 5) is 2.56. The van der Waals surface area contributed by atoms with Gasteiger partial charge in [-0.25, -0.2) is 0 Å². The maximum Gasteiger partial charge on any atom is 0.0593 e. The van der Waals surface area contributed by atoms with Crippen LogP contribution in [0, 0.1) is 5.92 Å². The van der Waals surface area contributed by atoms with Crippen molar-refractivity contribution in [1.82, 2.24) is 10.2 Å². The highest BCUT2D eigenvalue weighted by Crippen LogP contribution is 2.28. The summed E-state index contributed by atoms with van der Waals surface area (Å²) in [6.45, 7) is 8.96. The van der Waals surface area contributed by atoms with Crippen LogP contribution in [-0.2, 0) is 4.74 Å². The Hall–Kier alpha value is -0.120. The van der Waals surface area contributed by atoms with Crippen LogP contribution in [0.5, 0.6) is 0 Å². The molecule has 1 saturated carbocycles. The Morgan fingerprint density at radius 3 is 2.94 bits per heavy atom. The average molecular weight is 226 g/mol. The number of ether oxygens (including phenoxy) is 1. The third kappa shape index (κ3) is 4.81. The normalized spacial score (nSPS) is 28.7. The standard InChI is InChI=1S/C13H26N2O/c1-12-5-8-15(7-2-6-14-12)9-10-16-11-13-3-4-13/h12-14H,2-11H2,1H3. The Balaban J connectivity index is 1.55. The van der Waals surface area contributed by atoms with E-state index in [9.17, 15) is 0 Å². The van der Waals surface area contributed by atoms with Gasteiger partial charge in [0.1, 0.15) is 0 Å². The van der Waals surface area contributed by atoms with Crippen molar-refractivity contribution < 1.29 is 4.74 Å². The van der Waals surface area contributed by atoms with Gasteiger partial charge in [0, 0.05) is 19.2 Å². The van der Waals surface area contributed by atoms with Gasteiger partial charge >= 0.3 is 0 Å². The molecule has 1 saturated heterocycles. The summed E-state index contributed by atoms with van der Waals surface area (Å²) in [5, 5.41) is 3.54. The van der Waals surface area contributed by atoms with Crippen LogP contribution < -0.4 is 5.32 Å². The lowest BCUT2D eigenvalue weighted by Crippen LogP contribution is -2.39. The molecule has 0 spiro atoms. The van der Waals surface area contributed by atoms with E-state index in [0.717, 1.165) is 25.7 Å². The molecule has 0 amide bonds. The fourth-order valence-corrected chi connectivity index (χ4v) is 2.19. The van der Waals surface area contributed by atoms with Crippen molar-refractivity contribution in [1.29, 1.82) is 0 Å². The summed E-state index contributed by atoms with van der Waals surface area (Å²) in [5.41, 5.74) is 0. The topological polar surface area (TPSA) is 24.5 Å². The highest BCUT2D eigenvalue weighted by Gasteiger charge is 2.21. The van der Waals surface area contributed by atoms with Crippen LogP contribution in [0.4, 0.5) is 0 Å². The molecule has 1 aliphatic carbocycles. The van der Waals surface area contributed by atoms with E-state index in [4.69, 9.17) is 4.74 Å². The number of hydrogen-bond acceptors (Lipinski definition) is 3. The number of nitrogens with one attached hydrogen (secondary N) is 1. The zero-order valence-electron chi connectivity index (χ0n) is 10.6. The van der Waals surface area contributed by atoms with Crippen molar-refractivity contribution in [2.45, 2.75) is 38.6 Å². The minimum atomic E-state index is 0.676. The lowest BCUT2D eigenvalue weighted by molar-refractivity contribution is 0.0926. The second-order valence-corrected chi connectivity index (χ2v) is 5.36. The molecule has 1 N–H and O–H groups in total. The predicted molar refractivity (Wildman–Crippen MR) is 66.7 cm³/mol. The summed E-state index contributed by atoms with van der Waals surface area (Å²) in [5.74, 6) is 0.900. The van der Waals surface area contributed by atoms with E-state index < -0.39 is 0 Å². The van der Waals surface area contributed by atoms with E-state index in [-0.39, 0.29) is 0 Å². The smallest absolute Gasteiger partial charge is 0.0593 e. The second kappa shape index (κ2) is 6.58. The third-order valence-electron chi connectivity index (χ3n) is 3.62. The van der Waals surface area contributed by atoms with Crippen LogP contribution in [0.25, 0.3) is 0 Å². The summed E-state index contributed by atoms with van der Waals surface area (Å²) in [6.07, 6.45) is 5.33. The molecule has 2 fully saturated rings. The van der Waals surface area contributed by atoms with Crippen LogP contribution >= 0.6 is 0 Å². The molecule has 0 radical (unpaired) electrons. The predicted octanol–water partition coefficient (Wildman–Crippen LogP) is 1.49. The molecule has 2 aliphatic rings. The lowest BCUT2D eigenvalue weighted by Gasteiger charge is -2.27. The van der Waals surface area contributed by atoms with Gasteiger partial charge in [0.2, 0.25) is 0 Å². The van der Waals surface area contributed by atoms with Crippen molar-refractivity contribution in [3.63, 3.8) is 0 Å². The Bertz CT molecular complexity index is 194. The van der Waals surface area contributed by atoms with Crippen LogP contribution in [0.2, 0.25) is 0 Å². The highest BCUT2D eigenvalue weighted by atomic mass is 16.5. The van der Waals surface area contributed by atoms with E-state index in [1.165, 1.54) is 45.3 Å². The zero-order chi connectivity index (χ0) is 11.2. The van der Waals surface area contributed by atoms with E-state index in [1.54, 1.807) is 0 Å². The van der Waals surface area contributed by atoms with Crippen molar-refractivity contribution in [2.24, 2.45) is 5.92 Å². The van der Waals surface area contributed by atoms with Gasteiger partial charge in [-0.15, -0.1) is 0 Å². The van der Waals surface area contributed by atoms with Crippen molar-refractivity contribution in [2.75, 3.05) is 39.4 Å². The Morgan fingerprint density at radius 2 is 2.12 bits per heavy atom. The van der Waals surface area contributed by atoms with Gasteiger partial charge in [0.25, 0.3) is 0 Å². The molecule has 16 heavy (non-hydrogen) atoms. The fourth-order valence-electron chi connectivity index (χ4n) is 2.19. The summed E-state index contributed by atoms with van der Waals surface area (Å²) in [6, 6.07) is 0.676. The van der Waals surface area contributed by atoms with Crippen molar-refractivity contribution in [3.05, 3.63) is 0 Å². The molecule has 0 bridgehead atoms. The number of rotatable bonds is 5. The van der Waals surface area contributed by atoms with Crippen LogP contribution in [-0.4, -0.2) is 50.3 Å². The molecule has 2 rings (SSSR count). The summed E-state index contributed by atoms with van der Waals surface area (Å²) < 4.78 is 5.70. The monoisotopic (exact) mass is 226 g/mol. The van der Waals surface area contributed by atoms with Gasteiger partial charge in [-0.3, -0.25) is 0 Å². The Labute approximate surface area is 99.5 Å². The van der Waals surface area contributed by atoms with Crippen molar-refractivity contribution >= 4 is 0 Å². The maximum absolute atomic E-state index is 5.70. The first-order valence-electron chi connectivity index (χ1n) is 6.88. The molecule has 1 atom stereocenters. The first-order chi connectivity index (χ1) is 7.84. The number of hydrogen-bond donors (Lipinski definition) is 1. The molecule has 1 unspecified atom stereocenters. The molecule has 1 aliphatic heterocycles. The lowest BCUT2D eigenvalue weighted by atomic mass is 10.2. The second-order valence-electron chi connectivity index (χ2n) is 5.36. The van der Waals surface area contributed by atoms with Gasteiger partial charge < -0.3 is 15.0 Å². The zero-order valence-corrected chi connectivity index (χ0v) is 10.6. The van der Waals surface area contributed by atoms with E-state index in [2.05, 4.69) is 17.1 Å². The van der Waals surface area contributed by atoms with E-state index in [1.807, 2.05) is 0 Å². The van der Waals surface area contributed by atoms with Crippen LogP contribution in [0.15, 0.2) is 0 Å². The molecule has 0 aromatic carbocycles. The van der Waals surface area contributed by atoms with Gasteiger partial charge in [-0.1, -0.05) is 0 Å². The Morgan fingerprint density at radius 1 is 1.25 bits per heavy atom. The first-order valence-corrected chi connectivity index (χ1v) is 6.88. The Kier molecular flexibility index (Phi) is 5.07. The molecule has 1 heterocycles. The van der Waals surface area contributed by atoms with Crippen molar-refractivity contribution in [3.8, 4) is 0 Å². The fraction of sp³-hybridized carbons (Fsp3) is 1.00. The van der Waals surface area contributed by atoms with Gasteiger partial charge in [-0.2, -0.15) is 0 Å². The van der Waals surface area contributed by atoms with Gasteiger partial charge in [-0.05, 0) is 58.2 Å². The van der Waals surface area contributed by atoms with Crippen LogP contribution in [0.3, 0.4) is 0 Å². The maximum atomic E-state index is 5.70. The van der Waals surface area contributed by atoms with Crippen LogP contribution in [0.1, 0.15) is 32.6 Å². The first kappa shape index (κ1) is 12.3.